The van der Waals surface area contributed by atoms with E-state index in [4.69, 9.17) is 5.73 Å². The van der Waals surface area contributed by atoms with Gasteiger partial charge in [-0.1, -0.05) is 40.0 Å². The normalized spacial score (nSPS) is 18.9. The van der Waals surface area contributed by atoms with Gasteiger partial charge < -0.3 is 10.6 Å². The van der Waals surface area contributed by atoms with Gasteiger partial charge in [0.05, 0.1) is 0 Å². The van der Waals surface area contributed by atoms with Crippen LogP contribution in [0.1, 0.15) is 59.3 Å². The van der Waals surface area contributed by atoms with Gasteiger partial charge in [0.1, 0.15) is 0 Å². The fourth-order valence-corrected chi connectivity index (χ4v) is 2.67. The van der Waals surface area contributed by atoms with E-state index in [2.05, 4.69) is 25.7 Å². The number of nitrogens with zero attached hydrogens (tertiary/aromatic N) is 1. The Morgan fingerprint density at radius 2 is 1.83 bits per heavy atom. The van der Waals surface area contributed by atoms with Gasteiger partial charge in [-0.3, -0.25) is 4.79 Å². The molecule has 0 bridgehead atoms. The second kappa shape index (κ2) is 7.78. The van der Waals surface area contributed by atoms with E-state index in [1.807, 2.05) is 0 Å². The first-order chi connectivity index (χ1) is 8.57. The van der Waals surface area contributed by atoms with E-state index in [-0.39, 0.29) is 5.92 Å². The van der Waals surface area contributed by atoms with Gasteiger partial charge in [-0.2, -0.15) is 0 Å². The smallest absolute Gasteiger partial charge is 0.225 e. The molecule has 1 atom stereocenters. The number of hydrogen-bond donors (Lipinski definition) is 1. The maximum Gasteiger partial charge on any atom is 0.225 e. The predicted octanol–water partition coefficient (Wildman–Crippen LogP) is 2.79. The molecule has 1 amide bonds. The maximum absolute atomic E-state index is 12.6. The summed E-state index contributed by atoms with van der Waals surface area (Å²) in [6.07, 6.45) is 7.16. The van der Waals surface area contributed by atoms with E-state index in [0.29, 0.717) is 24.4 Å². The average molecular weight is 254 g/mol. The molecule has 1 saturated carbocycles. The second-order valence-corrected chi connectivity index (χ2v) is 6.00. The predicted molar refractivity (Wildman–Crippen MR) is 76.3 cm³/mol. The molecule has 0 aromatic heterocycles. The van der Waals surface area contributed by atoms with Gasteiger partial charge in [-0.05, 0) is 31.7 Å². The zero-order valence-electron chi connectivity index (χ0n) is 12.3. The first-order valence-electron chi connectivity index (χ1n) is 7.58. The Morgan fingerprint density at radius 1 is 1.22 bits per heavy atom. The molecule has 3 heteroatoms. The Morgan fingerprint density at radius 3 is 2.33 bits per heavy atom. The highest BCUT2D eigenvalue weighted by Crippen LogP contribution is 2.25. The van der Waals surface area contributed by atoms with E-state index in [1.165, 1.54) is 32.1 Å². The Hall–Kier alpha value is -0.570. The second-order valence-electron chi connectivity index (χ2n) is 6.00. The molecule has 1 aliphatic carbocycles. The van der Waals surface area contributed by atoms with Gasteiger partial charge in [-0.15, -0.1) is 0 Å². The first kappa shape index (κ1) is 15.5. The summed E-state index contributed by atoms with van der Waals surface area (Å²) in [5, 5.41) is 0. The largest absolute Gasteiger partial charge is 0.339 e. The van der Waals surface area contributed by atoms with Crippen molar-refractivity contribution in [2.24, 2.45) is 17.6 Å². The van der Waals surface area contributed by atoms with Crippen molar-refractivity contribution in [2.45, 2.75) is 65.3 Å². The third-order valence-electron chi connectivity index (χ3n) is 4.29. The van der Waals surface area contributed by atoms with Crippen LogP contribution in [0.15, 0.2) is 0 Å². The molecule has 0 aromatic rings. The lowest BCUT2D eigenvalue weighted by Gasteiger charge is -2.36. The summed E-state index contributed by atoms with van der Waals surface area (Å²) >= 11 is 0. The molecule has 0 saturated heterocycles. The highest BCUT2D eigenvalue weighted by atomic mass is 16.2. The molecule has 2 N–H and O–H groups in total. The fourth-order valence-electron chi connectivity index (χ4n) is 2.67. The topological polar surface area (TPSA) is 46.3 Å². The summed E-state index contributed by atoms with van der Waals surface area (Å²) in [6.45, 7) is 7.84. The molecule has 3 nitrogen and oxygen atoms in total. The standard InChI is InChI=1S/C15H30N2O/c1-12(2)13(3)15(18)17(11-7-10-16)14-8-5-4-6-9-14/h12-14H,4-11,16H2,1-3H3. The van der Waals surface area contributed by atoms with Gasteiger partial charge in [0.15, 0.2) is 0 Å². The van der Waals surface area contributed by atoms with Crippen LogP contribution in [-0.4, -0.2) is 29.9 Å². The highest BCUT2D eigenvalue weighted by Gasteiger charge is 2.29. The van der Waals surface area contributed by atoms with E-state index in [1.54, 1.807) is 0 Å². The summed E-state index contributed by atoms with van der Waals surface area (Å²) < 4.78 is 0. The average Bonchev–Trinajstić information content (AvgIpc) is 2.39. The first-order valence-corrected chi connectivity index (χ1v) is 7.58. The minimum atomic E-state index is 0.129. The molecule has 0 aliphatic heterocycles. The summed E-state index contributed by atoms with van der Waals surface area (Å²) in [6, 6.07) is 0.471. The van der Waals surface area contributed by atoms with Crippen LogP contribution in [0.3, 0.4) is 0 Å². The molecule has 0 heterocycles. The molecule has 0 spiro atoms. The lowest BCUT2D eigenvalue weighted by molar-refractivity contribution is -0.139. The molecule has 106 valence electrons. The van der Waals surface area contributed by atoms with Crippen LogP contribution in [0.4, 0.5) is 0 Å². The van der Waals surface area contributed by atoms with Crippen LogP contribution in [0.5, 0.6) is 0 Å². The van der Waals surface area contributed by atoms with Crippen LogP contribution in [-0.2, 0) is 4.79 Å². The summed E-state index contributed by atoms with van der Waals surface area (Å²) in [4.78, 5) is 14.7. The van der Waals surface area contributed by atoms with E-state index in [9.17, 15) is 4.79 Å². The van der Waals surface area contributed by atoms with Crippen molar-refractivity contribution >= 4 is 5.91 Å². The minimum absolute atomic E-state index is 0.129. The quantitative estimate of drug-likeness (QED) is 0.792. The molecule has 0 aromatic carbocycles. The van der Waals surface area contributed by atoms with Gasteiger partial charge in [0.25, 0.3) is 0 Å². The molecule has 1 rings (SSSR count). The zero-order valence-corrected chi connectivity index (χ0v) is 12.3. The summed E-state index contributed by atoms with van der Waals surface area (Å²) in [5.41, 5.74) is 5.60. The van der Waals surface area contributed by atoms with Gasteiger partial charge in [-0.25, -0.2) is 0 Å². The minimum Gasteiger partial charge on any atom is -0.339 e. The SMILES string of the molecule is CC(C)C(C)C(=O)N(CCCN)C1CCCCC1. The fraction of sp³-hybridized carbons (Fsp3) is 0.933. The Kier molecular flexibility index (Phi) is 6.69. The Bertz CT molecular complexity index is 247. The van der Waals surface area contributed by atoms with Crippen molar-refractivity contribution < 1.29 is 4.79 Å². The van der Waals surface area contributed by atoms with Gasteiger partial charge in [0.2, 0.25) is 5.91 Å². The molecule has 18 heavy (non-hydrogen) atoms. The third-order valence-corrected chi connectivity index (χ3v) is 4.29. The van der Waals surface area contributed by atoms with E-state index >= 15 is 0 Å². The maximum atomic E-state index is 12.6. The number of carbonyl (C=O) groups excluding carboxylic acids is 1. The zero-order chi connectivity index (χ0) is 13.5. The van der Waals surface area contributed by atoms with Gasteiger partial charge in [0, 0.05) is 18.5 Å². The summed E-state index contributed by atoms with van der Waals surface area (Å²) in [5.74, 6) is 0.886. The van der Waals surface area contributed by atoms with Crippen molar-refractivity contribution in [1.82, 2.24) is 4.90 Å². The summed E-state index contributed by atoms with van der Waals surface area (Å²) in [7, 11) is 0. The third kappa shape index (κ3) is 4.27. The lowest BCUT2D eigenvalue weighted by Crippen LogP contribution is -2.45. The number of rotatable bonds is 6. The van der Waals surface area contributed by atoms with Gasteiger partial charge >= 0.3 is 0 Å². The molecule has 1 aliphatic rings. The molecule has 1 unspecified atom stereocenters. The molecule has 0 radical (unpaired) electrons. The number of carbonyl (C=O) groups is 1. The molecular formula is C15H30N2O. The Labute approximate surface area is 112 Å². The van der Waals surface area contributed by atoms with Crippen LogP contribution in [0, 0.1) is 11.8 Å². The van der Waals surface area contributed by atoms with Crippen LogP contribution in [0.25, 0.3) is 0 Å². The number of hydrogen-bond acceptors (Lipinski definition) is 2. The van der Waals surface area contributed by atoms with E-state index in [0.717, 1.165) is 13.0 Å². The number of amides is 1. The van der Waals surface area contributed by atoms with Crippen molar-refractivity contribution in [1.29, 1.82) is 0 Å². The molecule has 1 fully saturated rings. The van der Waals surface area contributed by atoms with Crippen molar-refractivity contribution in [3.05, 3.63) is 0 Å². The van der Waals surface area contributed by atoms with E-state index < -0.39 is 0 Å². The van der Waals surface area contributed by atoms with Crippen molar-refractivity contribution in [3.63, 3.8) is 0 Å². The van der Waals surface area contributed by atoms with Crippen molar-refractivity contribution in [2.75, 3.05) is 13.1 Å². The Balaban J connectivity index is 2.66. The van der Waals surface area contributed by atoms with Crippen LogP contribution in [0.2, 0.25) is 0 Å². The lowest BCUT2D eigenvalue weighted by atomic mass is 9.91. The van der Waals surface area contributed by atoms with Crippen LogP contribution >= 0.6 is 0 Å². The number of nitrogens with two attached hydrogens (primary N) is 1. The monoisotopic (exact) mass is 254 g/mol. The highest BCUT2D eigenvalue weighted by molar-refractivity contribution is 5.79. The van der Waals surface area contributed by atoms with Crippen molar-refractivity contribution in [3.8, 4) is 0 Å². The van der Waals surface area contributed by atoms with Crippen LogP contribution < -0.4 is 5.73 Å². The molecular weight excluding hydrogens is 224 g/mol.